The molecule has 11 nitrogen and oxygen atoms in total. The number of nitrogens with zero attached hydrogens (tertiary/aromatic N) is 8. The monoisotopic (exact) mass is 577 g/mol. The van der Waals surface area contributed by atoms with Gasteiger partial charge in [0.05, 0.1) is 0 Å². The summed E-state index contributed by atoms with van der Waals surface area (Å²) in [5, 5.41) is 12.2. The number of rotatable bonds is 8. The molecular formula is C32H35N9O2. The molecule has 6 heterocycles. The van der Waals surface area contributed by atoms with Gasteiger partial charge in [-0.2, -0.15) is 10.2 Å². The van der Waals surface area contributed by atoms with Crippen LogP contribution in [0.4, 0.5) is 11.5 Å². The zero-order valence-electron chi connectivity index (χ0n) is 24.6. The number of anilines is 2. The minimum atomic E-state index is 0.141. The number of likely N-dealkylation sites (N-methyl/N-ethyl adjacent to an activating group) is 1. The number of aryl methyl sites for hydroxylation is 1. The first-order valence-corrected chi connectivity index (χ1v) is 14.7. The maximum Gasteiger partial charge on any atom is 0.246 e. The van der Waals surface area contributed by atoms with Crippen LogP contribution in [-0.2, 0) is 4.79 Å². The van der Waals surface area contributed by atoms with E-state index in [9.17, 15) is 4.79 Å². The first kappa shape index (κ1) is 27.1. The van der Waals surface area contributed by atoms with Gasteiger partial charge in [0.2, 0.25) is 5.91 Å². The Morgan fingerprint density at radius 3 is 2.58 bits per heavy atom. The molecule has 0 saturated carbocycles. The summed E-state index contributed by atoms with van der Waals surface area (Å²) in [6, 6.07) is 12.4. The third kappa shape index (κ3) is 5.32. The average molecular weight is 578 g/mol. The Labute approximate surface area is 249 Å². The molecule has 0 unspecified atom stereocenters. The second-order valence-corrected chi connectivity index (χ2v) is 11.8. The van der Waals surface area contributed by atoms with Crippen LogP contribution in [0.5, 0.6) is 11.5 Å². The summed E-state index contributed by atoms with van der Waals surface area (Å²) in [7, 11) is 4.01. The van der Waals surface area contributed by atoms with Gasteiger partial charge in [-0.3, -0.25) is 4.79 Å². The normalized spacial score (nSPS) is 20.1. The predicted molar refractivity (Wildman–Crippen MR) is 164 cm³/mol. The lowest BCUT2D eigenvalue weighted by atomic mass is 9.85. The second-order valence-electron chi connectivity index (χ2n) is 11.8. The van der Waals surface area contributed by atoms with Crippen molar-refractivity contribution >= 4 is 28.6 Å². The molecule has 43 heavy (non-hydrogen) atoms. The van der Waals surface area contributed by atoms with Crippen molar-refractivity contribution in [3.05, 3.63) is 84.7 Å². The van der Waals surface area contributed by atoms with Gasteiger partial charge in [-0.1, -0.05) is 6.08 Å². The first-order chi connectivity index (χ1) is 20.9. The van der Waals surface area contributed by atoms with Crippen molar-refractivity contribution in [2.24, 2.45) is 0 Å². The molecular weight excluding hydrogens is 542 g/mol. The molecule has 1 aromatic carbocycles. The molecule has 1 N–H and O–H groups in total. The van der Waals surface area contributed by atoms with E-state index in [1.54, 1.807) is 16.9 Å². The average Bonchev–Trinajstić information content (AvgIpc) is 3.70. The number of benzene rings is 1. The fraction of sp³-hybridized carbons (Fsp3) is 0.344. The van der Waals surface area contributed by atoms with E-state index in [4.69, 9.17) is 4.74 Å². The zero-order chi connectivity index (χ0) is 29.5. The zero-order valence-corrected chi connectivity index (χ0v) is 24.6. The minimum Gasteiger partial charge on any atom is -0.457 e. The molecule has 11 heteroatoms. The summed E-state index contributed by atoms with van der Waals surface area (Å²) < 4.78 is 9.76. The van der Waals surface area contributed by atoms with Crippen LogP contribution in [0.15, 0.2) is 73.6 Å². The van der Waals surface area contributed by atoms with Crippen LogP contribution in [0.2, 0.25) is 0 Å². The highest BCUT2D eigenvalue weighted by molar-refractivity contribution is 5.88. The van der Waals surface area contributed by atoms with Crippen LogP contribution in [0.25, 0.3) is 11.2 Å². The molecule has 2 aliphatic rings. The minimum absolute atomic E-state index is 0.141. The van der Waals surface area contributed by atoms with Crippen molar-refractivity contribution in [2.75, 3.05) is 26.0 Å². The summed E-state index contributed by atoms with van der Waals surface area (Å²) in [4.78, 5) is 26.1. The second kappa shape index (κ2) is 11.1. The molecule has 7 rings (SSSR count). The maximum atomic E-state index is 13.1. The van der Waals surface area contributed by atoms with Crippen LogP contribution in [0.3, 0.4) is 0 Å². The molecule has 2 saturated heterocycles. The quantitative estimate of drug-likeness (QED) is 0.258. The van der Waals surface area contributed by atoms with Crippen LogP contribution >= 0.6 is 0 Å². The van der Waals surface area contributed by atoms with E-state index in [1.807, 2.05) is 68.3 Å². The van der Waals surface area contributed by atoms with Gasteiger partial charge in [-0.25, -0.2) is 19.0 Å². The van der Waals surface area contributed by atoms with Crippen LogP contribution in [0.1, 0.15) is 42.7 Å². The van der Waals surface area contributed by atoms with Gasteiger partial charge in [-0.05, 0) is 94.1 Å². The van der Waals surface area contributed by atoms with Gasteiger partial charge >= 0.3 is 0 Å². The van der Waals surface area contributed by atoms with Crippen LogP contribution < -0.4 is 10.1 Å². The molecule has 2 bridgehead atoms. The maximum absolute atomic E-state index is 13.1. The van der Waals surface area contributed by atoms with Crippen molar-refractivity contribution < 1.29 is 9.53 Å². The number of carbonyl (C=O) groups is 1. The van der Waals surface area contributed by atoms with E-state index < -0.39 is 0 Å². The molecule has 2 fully saturated rings. The number of amides is 1. The molecule has 3 atom stereocenters. The number of carbonyl (C=O) groups excluding carboxylic acids is 1. The summed E-state index contributed by atoms with van der Waals surface area (Å²) in [5.41, 5.74) is 4.84. The summed E-state index contributed by atoms with van der Waals surface area (Å²) in [6.07, 6.45) is 14.7. The van der Waals surface area contributed by atoms with E-state index in [-0.39, 0.29) is 18.0 Å². The number of hydrogen-bond donors (Lipinski definition) is 1. The highest BCUT2D eigenvalue weighted by atomic mass is 16.5. The molecule has 220 valence electrons. The number of hydrogen-bond acceptors (Lipinski definition) is 8. The topological polar surface area (TPSA) is 105 Å². The number of piperidine rings is 1. The Hall–Kier alpha value is -4.77. The van der Waals surface area contributed by atoms with Gasteiger partial charge in [0.25, 0.3) is 0 Å². The fourth-order valence-corrected chi connectivity index (χ4v) is 6.61. The van der Waals surface area contributed by atoms with Gasteiger partial charge in [0, 0.05) is 48.9 Å². The summed E-state index contributed by atoms with van der Waals surface area (Å²) in [5.74, 6) is 2.70. The standard InChI is InChI=1S/C32H35N9O2/c1-21-15-23(6-9-28(21)43-26-10-13-39-29(18-26)33-19-35-39)37-32-31-27(11-14-40(31)36-20-34-32)22-16-24-7-8-25(17-22)41(24)30(42)5-4-12-38(2)3/h4-6,9-11,13-15,18-20,22,24-25H,7-8,12,16-17H2,1-3H3,(H,34,36,37)/b5-4+/t22-,24+,25-. The SMILES string of the molecule is Cc1cc(Nc2ncnn3ccc([C@H]4C[C@H]5CC[C@@H](C4)N5C(=O)/C=C/CN(C)C)c23)ccc1Oc1ccn2ncnc2c1. The number of pyridine rings is 1. The number of aromatic nitrogens is 6. The van der Waals surface area contributed by atoms with Crippen molar-refractivity contribution in [3.8, 4) is 11.5 Å². The van der Waals surface area contributed by atoms with E-state index in [2.05, 4.69) is 47.4 Å². The van der Waals surface area contributed by atoms with Crippen molar-refractivity contribution in [3.63, 3.8) is 0 Å². The molecule has 1 amide bonds. The number of ether oxygens (including phenoxy) is 1. The third-order valence-corrected chi connectivity index (χ3v) is 8.56. The van der Waals surface area contributed by atoms with Crippen molar-refractivity contribution in [2.45, 2.75) is 50.6 Å². The Balaban J connectivity index is 1.09. The smallest absolute Gasteiger partial charge is 0.246 e. The summed E-state index contributed by atoms with van der Waals surface area (Å²) >= 11 is 0. The largest absolute Gasteiger partial charge is 0.457 e. The van der Waals surface area contributed by atoms with E-state index >= 15 is 0 Å². The third-order valence-electron chi connectivity index (χ3n) is 8.56. The van der Waals surface area contributed by atoms with Gasteiger partial charge in [0.15, 0.2) is 11.5 Å². The molecule has 0 spiro atoms. The van der Waals surface area contributed by atoms with Crippen LogP contribution in [-0.4, -0.2) is 77.6 Å². The van der Waals surface area contributed by atoms with E-state index in [1.165, 1.54) is 11.9 Å². The lowest BCUT2D eigenvalue weighted by Gasteiger charge is -2.38. The Morgan fingerprint density at radius 2 is 1.79 bits per heavy atom. The molecule has 0 radical (unpaired) electrons. The molecule has 2 aliphatic heterocycles. The van der Waals surface area contributed by atoms with Gasteiger partial charge in [0.1, 0.15) is 29.7 Å². The Morgan fingerprint density at radius 1 is 1.02 bits per heavy atom. The Kier molecular flexibility index (Phi) is 7.02. The number of fused-ring (bicyclic) bond motifs is 4. The molecule has 5 aromatic rings. The van der Waals surface area contributed by atoms with E-state index in [0.29, 0.717) is 11.7 Å². The van der Waals surface area contributed by atoms with Gasteiger partial charge < -0.3 is 19.9 Å². The predicted octanol–water partition coefficient (Wildman–Crippen LogP) is 4.97. The fourth-order valence-electron chi connectivity index (χ4n) is 6.61. The lowest BCUT2D eigenvalue weighted by Crippen LogP contribution is -2.45. The number of nitrogens with one attached hydrogen (secondary N) is 1. The highest BCUT2D eigenvalue weighted by Crippen LogP contribution is 2.45. The first-order valence-electron chi connectivity index (χ1n) is 14.7. The summed E-state index contributed by atoms with van der Waals surface area (Å²) in [6.45, 7) is 2.79. The highest BCUT2D eigenvalue weighted by Gasteiger charge is 2.43. The van der Waals surface area contributed by atoms with Crippen molar-refractivity contribution in [1.82, 2.24) is 39.0 Å². The van der Waals surface area contributed by atoms with Crippen LogP contribution in [0, 0.1) is 6.92 Å². The Bertz CT molecular complexity index is 1810. The van der Waals surface area contributed by atoms with E-state index in [0.717, 1.165) is 66.2 Å². The molecule has 4 aromatic heterocycles. The lowest BCUT2D eigenvalue weighted by molar-refractivity contribution is -0.130. The van der Waals surface area contributed by atoms with Gasteiger partial charge in [-0.15, -0.1) is 0 Å². The van der Waals surface area contributed by atoms with Crippen molar-refractivity contribution in [1.29, 1.82) is 0 Å². The molecule has 0 aliphatic carbocycles.